The molecule has 0 bridgehead atoms. The first kappa shape index (κ1) is 18.0. The molecule has 21 heavy (non-hydrogen) atoms. The third kappa shape index (κ3) is 7.48. The van der Waals surface area contributed by atoms with Crippen LogP contribution in [0.4, 0.5) is 13.2 Å². The molecule has 120 valence electrons. The van der Waals surface area contributed by atoms with Crippen molar-refractivity contribution in [2.24, 2.45) is 0 Å². The third-order valence-electron chi connectivity index (χ3n) is 3.23. The summed E-state index contributed by atoms with van der Waals surface area (Å²) in [5.41, 5.74) is 1.09. The van der Waals surface area contributed by atoms with E-state index in [1.807, 2.05) is 37.3 Å². The average Bonchev–Trinajstić information content (AvgIpc) is 2.44. The lowest BCUT2D eigenvalue weighted by Crippen LogP contribution is -2.33. The Morgan fingerprint density at radius 1 is 1.19 bits per heavy atom. The molecule has 0 saturated carbocycles. The smallest absolute Gasteiger partial charge is 0.377 e. The molecule has 1 N–H and O–H groups in total. The quantitative estimate of drug-likeness (QED) is 0.679. The zero-order chi connectivity index (χ0) is 15.7. The van der Waals surface area contributed by atoms with Gasteiger partial charge in [-0.05, 0) is 31.9 Å². The zero-order valence-corrected chi connectivity index (χ0v) is 12.6. The van der Waals surface area contributed by atoms with E-state index in [0.717, 1.165) is 18.5 Å². The summed E-state index contributed by atoms with van der Waals surface area (Å²) >= 11 is 0. The highest BCUT2D eigenvalue weighted by molar-refractivity contribution is 5.19. The van der Waals surface area contributed by atoms with Gasteiger partial charge in [-0.25, -0.2) is 0 Å². The number of halogens is 3. The van der Waals surface area contributed by atoms with Crippen molar-refractivity contribution in [3.8, 4) is 0 Å². The minimum Gasteiger partial charge on any atom is -0.377 e. The van der Waals surface area contributed by atoms with E-state index in [9.17, 15) is 13.2 Å². The summed E-state index contributed by atoms with van der Waals surface area (Å²) in [5, 5.41) is 3.40. The van der Waals surface area contributed by atoms with Gasteiger partial charge in [0, 0.05) is 13.0 Å². The molecular weight excluding hydrogens is 279 g/mol. The molecule has 1 rings (SSSR count). The summed E-state index contributed by atoms with van der Waals surface area (Å²) in [4.78, 5) is 0. The number of nitrogens with one attached hydrogen (secondary N) is 1. The van der Waals surface area contributed by atoms with Crippen LogP contribution in [-0.2, 0) is 4.74 Å². The minimum absolute atomic E-state index is 0.00274. The maximum absolute atomic E-state index is 12.1. The molecular formula is C16H24F3NO. The maximum atomic E-state index is 12.1. The molecule has 2 nitrogen and oxygen atoms in total. The first-order valence-corrected chi connectivity index (χ1v) is 7.40. The summed E-state index contributed by atoms with van der Waals surface area (Å²) in [7, 11) is 0. The second-order valence-corrected chi connectivity index (χ2v) is 5.14. The molecule has 0 aliphatic rings. The largest absolute Gasteiger partial charge is 0.389 e. The number of hydrogen-bond donors (Lipinski definition) is 1. The topological polar surface area (TPSA) is 21.3 Å². The van der Waals surface area contributed by atoms with Crippen LogP contribution in [0.5, 0.6) is 0 Å². The number of ether oxygens (including phenoxy) is 1. The normalized spacial score (nSPS) is 14.9. The first-order valence-electron chi connectivity index (χ1n) is 7.40. The van der Waals surface area contributed by atoms with Gasteiger partial charge in [0.15, 0.2) is 0 Å². The van der Waals surface area contributed by atoms with Crippen LogP contribution in [0.1, 0.15) is 44.7 Å². The van der Waals surface area contributed by atoms with Gasteiger partial charge in [0.05, 0.1) is 12.1 Å². The number of benzene rings is 1. The molecule has 0 fully saturated rings. The molecule has 0 aliphatic carbocycles. The molecule has 1 aromatic carbocycles. The zero-order valence-electron chi connectivity index (χ0n) is 12.6. The van der Waals surface area contributed by atoms with Crippen LogP contribution in [0.15, 0.2) is 30.3 Å². The Morgan fingerprint density at radius 3 is 2.43 bits per heavy atom. The highest BCUT2D eigenvalue weighted by atomic mass is 19.4. The van der Waals surface area contributed by atoms with Gasteiger partial charge < -0.3 is 10.1 Å². The molecule has 2 atom stereocenters. The van der Waals surface area contributed by atoms with Gasteiger partial charge in [-0.15, -0.1) is 0 Å². The standard InChI is InChI=1S/C16H24F3NO/c1-3-11-20-15(14-8-5-4-6-9-14)13(2)21-12-7-10-16(17,18)19/h4-6,8-9,13,15,20H,3,7,10-12H2,1-2H3. The molecule has 1 aromatic rings. The van der Waals surface area contributed by atoms with E-state index in [4.69, 9.17) is 4.74 Å². The Balaban J connectivity index is 2.50. The molecule has 0 aliphatic heterocycles. The van der Waals surface area contributed by atoms with Gasteiger partial charge in [-0.1, -0.05) is 37.3 Å². The fourth-order valence-electron chi connectivity index (χ4n) is 2.15. The van der Waals surface area contributed by atoms with Gasteiger partial charge in [-0.3, -0.25) is 0 Å². The highest BCUT2D eigenvalue weighted by Gasteiger charge is 2.26. The average molecular weight is 303 g/mol. The van der Waals surface area contributed by atoms with Gasteiger partial charge in [0.25, 0.3) is 0 Å². The monoisotopic (exact) mass is 303 g/mol. The van der Waals surface area contributed by atoms with Crippen molar-refractivity contribution in [3.05, 3.63) is 35.9 Å². The molecule has 0 heterocycles. The van der Waals surface area contributed by atoms with E-state index in [1.165, 1.54) is 0 Å². The summed E-state index contributed by atoms with van der Waals surface area (Å²) < 4.78 is 41.9. The molecule has 2 unspecified atom stereocenters. The fraction of sp³-hybridized carbons (Fsp3) is 0.625. The van der Waals surface area contributed by atoms with Crippen molar-refractivity contribution in [2.45, 2.75) is 51.4 Å². The van der Waals surface area contributed by atoms with Crippen LogP contribution in [0.3, 0.4) is 0 Å². The fourth-order valence-corrected chi connectivity index (χ4v) is 2.15. The Hall–Kier alpha value is -1.07. The summed E-state index contributed by atoms with van der Waals surface area (Å²) in [6.45, 7) is 4.94. The highest BCUT2D eigenvalue weighted by Crippen LogP contribution is 2.23. The molecule has 5 heteroatoms. The van der Waals surface area contributed by atoms with E-state index in [1.54, 1.807) is 0 Å². The number of hydrogen-bond acceptors (Lipinski definition) is 2. The van der Waals surface area contributed by atoms with E-state index in [2.05, 4.69) is 12.2 Å². The molecule has 0 amide bonds. The van der Waals surface area contributed by atoms with E-state index >= 15 is 0 Å². The molecule has 0 aromatic heterocycles. The van der Waals surface area contributed by atoms with Crippen LogP contribution in [0.2, 0.25) is 0 Å². The lowest BCUT2D eigenvalue weighted by Gasteiger charge is -2.26. The van der Waals surface area contributed by atoms with E-state index in [0.29, 0.717) is 0 Å². The Bertz CT molecular complexity index is 381. The van der Waals surface area contributed by atoms with Crippen LogP contribution in [0, 0.1) is 0 Å². The van der Waals surface area contributed by atoms with Crippen LogP contribution < -0.4 is 5.32 Å². The summed E-state index contributed by atoms with van der Waals surface area (Å²) in [6.07, 6.45) is -4.08. The number of alkyl halides is 3. The van der Waals surface area contributed by atoms with Crippen molar-refractivity contribution in [1.82, 2.24) is 5.32 Å². The second kappa shape index (κ2) is 9.05. The van der Waals surface area contributed by atoms with Gasteiger partial charge in [0.2, 0.25) is 0 Å². The summed E-state index contributed by atoms with van der Waals surface area (Å²) in [6, 6.07) is 9.84. The number of rotatable bonds is 9. The minimum atomic E-state index is -4.11. The van der Waals surface area contributed by atoms with Gasteiger partial charge in [-0.2, -0.15) is 13.2 Å². The van der Waals surface area contributed by atoms with Crippen molar-refractivity contribution in [3.63, 3.8) is 0 Å². The van der Waals surface area contributed by atoms with Crippen LogP contribution in [0.25, 0.3) is 0 Å². The SMILES string of the molecule is CCCNC(c1ccccc1)C(C)OCCCC(F)(F)F. The maximum Gasteiger partial charge on any atom is 0.389 e. The van der Waals surface area contributed by atoms with Crippen molar-refractivity contribution >= 4 is 0 Å². The van der Waals surface area contributed by atoms with Crippen LogP contribution in [-0.4, -0.2) is 25.4 Å². The van der Waals surface area contributed by atoms with Crippen molar-refractivity contribution < 1.29 is 17.9 Å². The van der Waals surface area contributed by atoms with E-state index < -0.39 is 12.6 Å². The van der Waals surface area contributed by atoms with Gasteiger partial charge in [0.1, 0.15) is 0 Å². The van der Waals surface area contributed by atoms with Crippen molar-refractivity contribution in [1.29, 1.82) is 0 Å². The van der Waals surface area contributed by atoms with Gasteiger partial charge >= 0.3 is 6.18 Å². The van der Waals surface area contributed by atoms with Crippen LogP contribution >= 0.6 is 0 Å². The molecule has 0 saturated heterocycles. The van der Waals surface area contributed by atoms with Crippen molar-refractivity contribution in [2.75, 3.05) is 13.2 Å². The molecule has 0 spiro atoms. The molecule has 0 radical (unpaired) electrons. The first-order chi connectivity index (χ1) is 9.94. The summed E-state index contributed by atoms with van der Waals surface area (Å²) in [5.74, 6) is 0. The Kier molecular flexibility index (Phi) is 7.75. The lowest BCUT2D eigenvalue weighted by atomic mass is 10.0. The predicted molar refractivity (Wildman–Crippen MR) is 78.2 cm³/mol. The third-order valence-corrected chi connectivity index (χ3v) is 3.23. The predicted octanol–water partition coefficient (Wildman–Crippen LogP) is 4.47. The Morgan fingerprint density at radius 2 is 1.86 bits per heavy atom. The Labute approximate surface area is 124 Å². The van der Waals surface area contributed by atoms with E-state index in [-0.39, 0.29) is 25.2 Å². The lowest BCUT2D eigenvalue weighted by molar-refractivity contribution is -0.139. The second-order valence-electron chi connectivity index (χ2n) is 5.14.